The number of para-hydroxylation sites is 1. The lowest BCUT2D eigenvalue weighted by Crippen LogP contribution is -2.45. The average molecular weight is 395 g/mol. The zero-order valence-electron chi connectivity index (χ0n) is 15.1. The van der Waals surface area contributed by atoms with Crippen molar-refractivity contribution >= 4 is 39.1 Å². The Hall–Kier alpha value is -2.19. The van der Waals surface area contributed by atoms with Gasteiger partial charge in [0.1, 0.15) is 11.8 Å². The second kappa shape index (κ2) is 8.46. The van der Waals surface area contributed by atoms with Crippen LogP contribution in [0.25, 0.3) is 0 Å². The fourth-order valence-corrected chi connectivity index (χ4v) is 4.25. The predicted octanol–water partition coefficient (Wildman–Crippen LogP) is 3.21. The summed E-state index contributed by atoms with van der Waals surface area (Å²) >= 11 is 1.50. The fraction of sp³-hybridized carbons (Fsp3) is 0.278. The van der Waals surface area contributed by atoms with Gasteiger partial charge in [-0.15, -0.1) is 11.8 Å². The van der Waals surface area contributed by atoms with Gasteiger partial charge in [-0.05, 0) is 49.6 Å². The number of rotatable bonds is 7. The van der Waals surface area contributed by atoms with E-state index in [1.807, 2.05) is 24.5 Å². The molecule has 1 N–H and O–H groups in total. The molecule has 140 valence electrons. The molecular weight excluding hydrogens is 372 g/mol. The summed E-state index contributed by atoms with van der Waals surface area (Å²) in [4.78, 5) is 13.6. The van der Waals surface area contributed by atoms with E-state index in [1.54, 1.807) is 37.3 Å². The molecule has 2 aromatic rings. The molecule has 26 heavy (non-hydrogen) atoms. The highest BCUT2D eigenvalue weighted by molar-refractivity contribution is 7.98. The van der Waals surface area contributed by atoms with Crippen molar-refractivity contribution in [3.63, 3.8) is 0 Å². The molecule has 1 atom stereocenters. The van der Waals surface area contributed by atoms with Gasteiger partial charge in [0.15, 0.2) is 0 Å². The Morgan fingerprint density at radius 2 is 1.77 bits per heavy atom. The van der Waals surface area contributed by atoms with Crippen molar-refractivity contribution in [1.29, 1.82) is 0 Å². The predicted molar refractivity (Wildman–Crippen MR) is 107 cm³/mol. The molecule has 0 aliphatic rings. The minimum atomic E-state index is -3.66. The van der Waals surface area contributed by atoms with Gasteiger partial charge in [0.05, 0.1) is 24.7 Å². The van der Waals surface area contributed by atoms with Crippen LogP contribution in [0, 0.1) is 0 Å². The molecule has 0 aliphatic carbocycles. The molecule has 0 radical (unpaired) electrons. The maximum Gasteiger partial charge on any atom is 0.248 e. The van der Waals surface area contributed by atoms with Gasteiger partial charge >= 0.3 is 0 Å². The van der Waals surface area contributed by atoms with Crippen molar-refractivity contribution in [1.82, 2.24) is 0 Å². The third kappa shape index (κ3) is 4.70. The first kappa shape index (κ1) is 20.1. The molecule has 2 rings (SSSR count). The van der Waals surface area contributed by atoms with Crippen molar-refractivity contribution in [3.8, 4) is 5.75 Å². The number of hydrogen-bond donors (Lipinski definition) is 1. The van der Waals surface area contributed by atoms with E-state index in [9.17, 15) is 13.2 Å². The summed E-state index contributed by atoms with van der Waals surface area (Å²) in [6, 6.07) is 13.0. The van der Waals surface area contributed by atoms with Gasteiger partial charge in [0, 0.05) is 4.90 Å². The topological polar surface area (TPSA) is 75.7 Å². The molecule has 2 aromatic carbocycles. The van der Waals surface area contributed by atoms with Crippen LogP contribution in [0.1, 0.15) is 6.92 Å². The third-order valence-electron chi connectivity index (χ3n) is 3.78. The van der Waals surface area contributed by atoms with Crippen molar-refractivity contribution in [2.45, 2.75) is 17.9 Å². The highest BCUT2D eigenvalue weighted by Crippen LogP contribution is 2.27. The number of hydrogen-bond acceptors (Lipinski definition) is 5. The lowest BCUT2D eigenvalue weighted by molar-refractivity contribution is -0.116. The highest BCUT2D eigenvalue weighted by Gasteiger charge is 2.29. The Morgan fingerprint density at radius 1 is 1.15 bits per heavy atom. The summed E-state index contributed by atoms with van der Waals surface area (Å²) in [5.74, 6) is 0.195. The maximum absolute atomic E-state index is 12.7. The van der Waals surface area contributed by atoms with Crippen molar-refractivity contribution in [3.05, 3.63) is 48.5 Å². The van der Waals surface area contributed by atoms with E-state index in [0.717, 1.165) is 15.5 Å². The van der Waals surface area contributed by atoms with Crippen LogP contribution in [-0.4, -0.2) is 40.0 Å². The van der Waals surface area contributed by atoms with Crippen LogP contribution in [0.3, 0.4) is 0 Å². The first-order chi connectivity index (χ1) is 12.3. The molecular formula is C18H22N2O4S2. The molecule has 0 heterocycles. The number of thioether (sulfide) groups is 1. The summed E-state index contributed by atoms with van der Waals surface area (Å²) < 4.78 is 30.8. The third-order valence-corrected chi connectivity index (χ3v) is 5.82. The van der Waals surface area contributed by atoms with Crippen molar-refractivity contribution < 1.29 is 17.9 Å². The van der Waals surface area contributed by atoms with Crippen LogP contribution in [0.5, 0.6) is 5.75 Å². The lowest BCUT2D eigenvalue weighted by Gasteiger charge is -2.28. The van der Waals surface area contributed by atoms with Gasteiger partial charge < -0.3 is 10.1 Å². The van der Waals surface area contributed by atoms with Crippen LogP contribution >= 0.6 is 11.8 Å². The molecule has 0 fully saturated rings. The van der Waals surface area contributed by atoms with Gasteiger partial charge in [-0.25, -0.2) is 8.42 Å². The second-order valence-corrected chi connectivity index (χ2v) is 8.33. The zero-order chi connectivity index (χ0) is 19.3. The molecule has 1 amide bonds. The van der Waals surface area contributed by atoms with E-state index in [1.165, 1.54) is 18.9 Å². The Balaban J connectivity index is 2.31. The summed E-state index contributed by atoms with van der Waals surface area (Å²) in [5, 5.41) is 2.82. The summed E-state index contributed by atoms with van der Waals surface area (Å²) in [6.07, 6.45) is 2.99. The smallest absolute Gasteiger partial charge is 0.248 e. The van der Waals surface area contributed by atoms with E-state index in [0.29, 0.717) is 17.1 Å². The van der Waals surface area contributed by atoms with Crippen LogP contribution in [0.2, 0.25) is 0 Å². The van der Waals surface area contributed by atoms with Gasteiger partial charge in [-0.3, -0.25) is 9.10 Å². The van der Waals surface area contributed by atoms with Crippen LogP contribution in [0.15, 0.2) is 53.4 Å². The number of methoxy groups -OCH3 is 1. The van der Waals surface area contributed by atoms with Crippen molar-refractivity contribution in [2.24, 2.45) is 0 Å². The molecule has 0 aliphatic heterocycles. The normalized spacial score (nSPS) is 12.3. The van der Waals surface area contributed by atoms with Crippen LogP contribution < -0.4 is 14.4 Å². The molecule has 6 nitrogen and oxygen atoms in total. The number of nitrogens with zero attached hydrogens (tertiary/aromatic N) is 1. The number of ether oxygens (including phenoxy) is 1. The summed E-state index contributed by atoms with van der Waals surface area (Å²) in [7, 11) is -2.13. The molecule has 0 spiro atoms. The van der Waals surface area contributed by atoms with Crippen LogP contribution in [0.4, 0.5) is 11.4 Å². The van der Waals surface area contributed by atoms with E-state index in [-0.39, 0.29) is 0 Å². The number of anilines is 2. The van der Waals surface area contributed by atoms with E-state index in [2.05, 4.69) is 5.32 Å². The van der Waals surface area contributed by atoms with Gasteiger partial charge in [0.25, 0.3) is 0 Å². The fourth-order valence-electron chi connectivity index (χ4n) is 2.52. The monoisotopic (exact) mass is 394 g/mol. The van der Waals surface area contributed by atoms with E-state index >= 15 is 0 Å². The molecule has 0 aromatic heterocycles. The zero-order valence-corrected chi connectivity index (χ0v) is 16.7. The summed E-state index contributed by atoms with van der Waals surface area (Å²) in [5.41, 5.74) is 1.05. The minimum Gasteiger partial charge on any atom is -0.497 e. The highest BCUT2D eigenvalue weighted by atomic mass is 32.2. The molecule has 8 heteroatoms. The number of carbonyl (C=O) groups is 1. The number of benzene rings is 2. The lowest BCUT2D eigenvalue weighted by atomic mass is 10.2. The Bertz CT molecular complexity index is 867. The van der Waals surface area contributed by atoms with Crippen molar-refractivity contribution in [2.75, 3.05) is 29.2 Å². The number of sulfonamides is 1. The Labute approximate surface area is 158 Å². The summed E-state index contributed by atoms with van der Waals surface area (Å²) in [6.45, 7) is 1.56. The molecule has 0 bridgehead atoms. The SMILES string of the molecule is COc1ccc(N([C@@H](C)C(=O)Nc2ccccc2SC)S(C)(=O)=O)cc1. The largest absolute Gasteiger partial charge is 0.497 e. The second-order valence-electron chi connectivity index (χ2n) is 5.62. The first-order valence-electron chi connectivity index (χ1n) is 7.85. The number of amides is 1. The van der Waals surface area contributed by atoms with Gasteiger partial charge in [0.2, 0.25) is 15.9 Å². The average Bonchev–Trinajstić information content (AvgIpc) is 2.61. The van der Waals surface area contributed by atoms with Gasteiger partial charge in [-0.2, -0.15) is 0 Å². The standard InChI is InChI=1S/C18H22N2O4S2/c1-13(18(21)19-16-7-5-6-8-17(16)25-3)20(26(4,22)23)14-9-11-15(24-2)12-10-14/h5-13H,1-4H3,(H,19,21)/t13-/m0/s1. The molecule has 0 saturated heterocycles. The number of nitrogens with one attached hydrogen (secondary N) is 1. The molecule has 0 saturated carbocycles. The number of carbonyl (C=O) groups excluding carboxylic acids is 1. The minimum absolute atomic E-state index is 0.397. The Kier molecular flexibility index (Phi) is 6.55. The first-order valence-corrected chi connectivity index (χ1v) is 10.9. The molecule has 0 unspecified atom stereocenters. The maximum atomic E-state index is 12.7. The van der Waals surface area contributed by atoms with Crippen LogP contribution in [-0.2, 0) is 14.8 Å². The quantitative estimate of drug-likeness (QED) is 0.730. The van der Waals surface area contributed by atoms with E-state index < -0.39 is 22.0 Å². The Morgan fingerprint density at radius 3 is 2.31 bits per heavy atom. The van der Waals surface area contributed by atoms with E-state index in [4.69, 9.17) is 4.74 Å². The van der Waals surface area contributed by atoms with Gasteiger partial charge in [-0.1, -0.05) is 12.1 Å².